The summed E-state index contributed by atoms with van der Waals surface area (Å²) in [6, 6.07) is 7.00. The molecule has 0 N–H and O–H groups in total. The minimum atomic E-state index is -3.21. The normalized spacial score (nSPS) is 13.7. The molecule has 2 nitrogen and oxygen atoms in total. The van der Waals surface area contributed by atoms with E-state index >= 15 is 0 Å². The lowest BCUT2D eigenvalue weighted by Gasteiger charge is -2.19. The largest absolute Gasteiger partial charge is 0.223 e. The SMILES string of the molecule is C/C(=C/CS(=O)(=O)c1ccc(C)cc1)C(C)(C)C. The van der Waals surface area contributed by atoms with E-state index in [9.17, 15) is 8.42 Å². The molecule has 0 atom stereocenters. The lowest BCUT2D eigenvalue weighted by Crippen LogP contribution is -2.10. The minimum absolute atomic E-state index is 0.0167. The van der Waals surface area contributed by atoms with Crippen LogP contribution >= 0.6 is 0 Å². The van der Waals surface area contributed by atoms with Crippen molar-refractivity contribution in [2.45, 2.75) is 39.5 Å². The fraction of sp³-hybridized carbons (Fsp3) is 0.467. The molecule has 0 heterocycles. The molecule has 1 aromatic rings. The molecule has 0 aliphatic heterocycles. The van der Waals surface area contributed by atoms with Crippen LogP contribution in [-0.2, 0) is 9.84 Å². The van der Waals surface area contributed by atoms with Gasteiger partial charge in [-0.2, -0.15) is 0 Å². The standard InChI is InChI=1S/C15H22O2S/c1-12-6-8-14(9-7-12)18(16,17)11-10-13(2)15(3,4)5/h6-10H,11H2,1-5H3/b13-10-. The average molecular weight is 266 g/mol. The third kappa shape index (κ3) is 3.98. The summed E-state index contributed by atoms with van der Waals surface area (Å²) in [6.07, 6.45) is 1.81. The van der Waals surface area contributed by atoms with Crippen LogP contribution in [0.25, 0.3) is 0 Å². The van der Waals surface area contributed by atoms with E-state index in [-0.39, 0.29) is 11.2 Å². The predicted molar refractivity (Wildman–Crippen MR) is 76.4 cm³/mol. The Morgan fingerprint density at radius 3 is 2.11 bits per heavy atom. The molecule has 0 spiro atoms. The Morgan fingerprint density at radius 2 is 1.67 bits per heavy atom. The van der Waals surface area contributed by atoms with E-state index in [1.165, 1.54) is 0 Å². The molecule has 1 rings (SSSR count). The van der Waals surface area contributed by atoms with E-state index in [0.29, 0.717) is 4.90 Å². The van der Waals surface area contributed by atoms with Gasteiger partial charge in [0.05, 0.1) is 10.6 Å². The molecule has 0 saturated carbocycles. The van der Waals surface area contributed by atoms with Crippen LogP contribution in [0.1, 0.15) is 33.3 Å². The smallest absolute Gasteiger partial charge is 0.181 e. The van der Waals surface area contributed by atoms with Crippen molar-refractivity contribution in [2.24, 2.45) is 5.41 Å². The molecule has 0 amide bonds. The highest BCUT2D eigenvalue weighted by Gasteiger charge is 2.16. The number of sulfone groups is 1. The second kappa shape index (κ2) is 5.27. The van der Waals surface area contributed by atoms with Gasteiger partial charge in [-0.15, -0.1) is 0 Å². The monoisotopic (exact) mass is 266 g/mol. The molecule has 1 aromatic carbocycles. The van der Waals surface area contributed by atoms with Crippen molar-refractivity contribution in [2.75, 3.05) is 5.75 Å². The number of allylic oxidation sites excluding steroid dienone is 1. The Labute approximate surface area is 111 Å². The molecule has 18 heavy (non-hydrogen) atoms. The molecule has 0 bridgehead atoms. The second-order valence-corrected chi connectivity index (χ2v) is 7.77. The third-order valence-corrected chi connectivity index (χ3v) is 4.77. The van der Waals surface area contributed by atoms with Crippen molar-refractivity contribution < 1.29 is 8.42 Å². The van der Waals surface area contributed by atoms with Crippen molar-refractivity contribution in [1.29, 1.82) is 0 Å². The van der Waals surface area contributed by atoms with Crippen LogP contribution in [-0.4, -0.2) is 14.2 Å². The summed E-state index contributed by atoms with van der Waals surface area (Å²) in [5.74, 6) is 0.0686. The first-order valence-corrected chi connectivity index (χ1v) is 7.75. The van der Waals surface area contributed by atoms with E-state index in [4.69, 9.17) is 0 Å². The van der Waals surface area contributed by atoms with Crippen molar-refractivity contribution in [3.8, 4) is 0 Å². The summed E-state index contributed by atoms with van der Waals surface area (Å²) >= 11 is 0. The summed E-state index contributed by atoms with van der Waals surface area (Å²) in [4.78, 5) is 0.394. The van der Waals surface area contributed by atoms with Gasteiger partial charge in [-0.3, -0.25) is 0 Å². The predicted octanol–water partition coefficient (Wildman–Crippen LogP) is 3.76. The summed E-state index contributed by atoms with van der Waals surface area (Å²) in [5, 5.41) is 0. The van der Waals surface area contributed by atoms with Crippen LogP contribution in [0.3, 0.4) is 0 Å². The van der Waals surface area contributed by atoms with Crippen LogP contribution in [0.15, 0.2) is 40.8 Å². The average Bonchev–Trinajstić information content (AvgIpc) is 2.25. The van der Waals surface area contributed by atoms with Crippen molar-refractivity contribution in [3.63, 3.8) is 0 Å². The van der Waals surface area contributed by atoms with Crippen LogP contribution < -0.4 is 0 Å². The zero-order chi connectivity index (χ0) is 14.0. The maximum atomic E-state index is 12.1. The Morgan fingerprint density at radius 1 is 1.17 bits per heavy atom. The molecular weight excluding hydrogens is 244 g/mol. The first kappa shape index (κ1) is 15.0. The Hall–Kier alpha value is -1.09. The lowest BCUT2D eigenvalue weighted by molar-refractivity contribution is 0.503. The molecule has 100 valence electrons. The Kier molecular flexibility index (Phi) is 4.38. The number of hydrogen-bond donors (Lipinski definition) is 0. The fourth-order valence-corrected chi connectivity index (χ4v) is 2.60. The molecular formula is C15H22O2S. The van der Waals surface area contributed by atoms with E-state index in [1.54, 1.807) is 12.1 Å². The van der Waals surface area contributed by atoms with E-state index in [0.717, 1.165) is 11.1 Å². The maximum Gasteiger partial charge on any atom is 0.181 e. The molecule has 3 heteroatoms. The highest BCUT2D eigenvalue weighted by atomic mass is 32.2. The first-order valence-electron chi connectivity index (χ1n) is 6.09. The van der Waals surface area contributed by atoms with Gasteiger partial charge in [-0.05, 0) is 31.4 Å². The summed E-state index contributed by atoms with van der Waals surface area (Å²) in [6.45, 7) is 10.2. The first-order chi connectivity index (χ1) is 8.13. The highest BCUT2D eigenvalue weighted by molar-refractivity contribution is 7.91. The van der Waals surface area contributed by atoms with Gasteiger partial charge in [0.25, 0.3) is 0 Å². The highest BCUT2D eigenvalue weighted by Crippen LogP contribution is 2.24. The van der Waals surface area contributed by atoms with Crippen molar-refractivity contribution in [1.82, 2.24) is 0 Å². The zero-order valence-electron chi connectivity index (χ0n) is 11.8. The van der Waals surface area contributed by atoms with Gasteiger partial charge in [0, 0.05) is 0 Å². The van der Waals surface area contributed by atoms with Gasteiger partial charge < -0.3 is 0 Å². The summed E-state index contributed by atoms with van der Waals surface area (Å²) in [7, 11) is -3.21. The van der Waals surface area contributed by atoms with E-state index in [2.05, 4.69) is 20.8 Å². The second-order valence-electron chi connectivity index (χ2n) is 5.73. The Bertz CT molecular complexity index is 529. The van der Waals surface area contributed by atoms with Crippen LogP contribution in [0.2, 0.25) is 0 Å². The van der Waals surface area contributed by atoms with Crippen molar-refractivity contribution in [3.05, 3.63) is 41.5 Å². The minimum Gasteiger partial charge on any atom is -0.223 e. The molecule has 0 saturated heterocycles. The zero-order valence-corrected chi connectivity index (χ0v) is 12.6. The molecule has 0 aliphatic rings. The summed E-state index contributed by atoms with van der Waals surface area (Å²) < 4.78 is 24.3. The quantitative estimate of drug-likeness (QED) is 0.781. The van der Waals surface area contributed by atoms with Gasteiger partial charge in [-0.25, -0.2) is 8.42 Å². The molecule has 0 fully saturated rings. The van der Waals surface area contributed by atoms with Gasteiger partial charge in [0.2, 0.25) is 0 Å². The maximum absolute atomic E-state index is 12.1. The number of hydrogen-bond acceptors (Lipinski definition) is 2. The topological polar surface area (TPSA) is 34.1 Å². The Balaban J connectivity index is 2.94. The fourth-order valence-electron chi connectivity index (χ4n) is 1.38. The van der Waals surface area contributed by atoms with Crippen LogP contribution in [0.5, 0.6) is 0 Å². The molecule has 0 radical (unpaired) electrons. The third-order valence-electron chi connectivity index (χ3n) is 3.17. The van der Waals surface area contributed by atoms with Gasteiger partial charge in [0.15, 0.2) is 9.84 Å². The number of benzene rings is 1. The lowest BCUT2D eigenvalue weighted by atomic mass is 9.88. The molecule has 0 aliphatic carbocycles. The molecule has 0 aromatic heterocycles. The van der Waals surface area contributed by atoms with Gasteiger partial charge in [-0.1, -0.05) is 50.1 Å². The number of rotatable bonds is 3. The van der Waals surface area contributed by atoms with Crippen LogP contribution in [0, 0.1) is 12.3 Å². The van der Waals surface area contributed by atoms with Gasteiger partial charge >= 0.3 is 0 Å². The molecule has 0 unspecified atom stereocenters. The summed E-state index contributed by atoms with van der Waals surface area (Å²) in [5.41, 5.74) is 2.18. The van der Waals surface area contributed by atoms with Crippen LogP contribution in [0.4, 0.5) is 0 Å². The van der Waals surface area contributed by atoms with E-state index in [1.807, 2.05) is 32.1 Å². The van der Waals surface area contributed by atoms with Gasteiger partial charge in [0.1, 0.15) is 0 Å². The van der Waals surface area contributed by atoms with E-state index < -0.39 is 9.84 Å². The van der Waals surface area contributed by atoms with Crippen molar-refractivity contribution >= 4 is 9.84 Å². The number of aryl methyl sites for hydroxylation is 1.